The molecule has 0 aliphatic rings. The van der Waals surface area contributed by atoms with Gasteiger partial charge in [0.1, 0.15) is 5.58 Å². The Labute approximate surface area is 119 Å². The fourth-order valence-corrected chi connectivity index (χ4v) is 2.54. The van der Waals surface area contributed by atoms with Crippen molar-refractivity contribution >= 4 is 16.7 Å². The number of nitrogens with one attached hydrogen (secondary N) is 1. The van der Waals surface area contributed by atoms with Gasteiger partial charge in [0.2, 0.25) is 0 Å². The van der Waals surface area contributed by atoms with Crippen molar-refractivity contribution in [2.24, 2.45) is 0 Å². The van der Waals surface area contributed by atoms with Crippen LogP contribution in [0.25, 0.3) is 11.0 Å². The van der Waals surface area contributed by atoms with Crippen LogP contribution in [-0.2, 0) is 13.0 Å². The first kappa shape index (κ1) is 12.8. The van der Waals surface area contributed by atoms with Crippen molar-refractivity contribution in [3.63, 3.8) is 0 Å². The summed E-state index contributed by atoms with van der Waals surface area (Å²) >= 11 is 0. The molecule has 0 atom stereocenters. The van der Waals surface area contributed by atoms with Gasteiger partial charge in [0.25, 0.3) is 0 Å². The lowest BCUT2D eigenvalue weighted by Crippen LogP contribution is -2.01. The Morgan fingerprint density at radius 3 is 2.65 bits per heavy atom. The molecule has 3 rings (SSSR count). The molecule has 0 fully saturated rings. The van der Waals surface area contributed by atoms with E-state index in [1.54, 1.807) is 0 Å². The van der Waals surface area contributed by atoms with Gasteiger partial charge in [0.15, 0.2) is 0 Å². The first-order valence-corrected chi connectivity index (χ1v) is 7.15. The number of para-hydroxylation sites is 2. The summed E-state index contributed by atoms with van der Waals surface area (Å²) in [7, 11) is 0. The lowest BCUT2D eigenvalue weighted by Gasteiger charge is -2.10. The maximum atomic E-state index is 5.58. The van der Waals surface area contributed by atoms with E-state index in [4.69, 9.17) is 4.42 Å². The molecule has 0 spiro atoms. The Kier molecular flexibility index (Phi) is 3.73. The highest BCUT2D eigenvalue weighted by Gasteiger charge is 2.06. The summed E-state index contributed by atoms with van der Waals surface area (Å²) < 4.78 is 5.58. The number of hydrogen-bond acceptors (Lipinski definition) is 2. The van der Waals surface area contributed by atoms with Crippen molar-refractivity contribution in [3.8, 4) is 0 Å². The third-order valence-corrected chi connectivity index (χ3v) is 3.57. The van der Waals surface area contributed by atoms with Crippen LogP contribution in [0, 0.1) is 0 Å². The number of anilines is 1. The van der Waals surface area contributed by atoms with E-state index in [1.807, 2.05) is 24.5 Å². The van der Waals surface area contributed by atoms with Crippen molar-refractivity contribution in [1.29, 1.82) is 0 Å². The van der Waals surface area contributed by atoms with E-state index in [0.717, 1.165) is 25.0 Å². The highest BCUT2D eigenvalue weighted by Crippen LogP contribution is 2.23. The first-order valence-electron chi connectivity index (χ1n) is 7.15. The zero-order valence-electron chi connectivity index (χ0n) is 11.7. The zero-order chi connectivity index (χ0) is 13.8. The average molecular weight is 265 g/mol. The Hall–Kier alpha value is -2.22. The molecular weight excluding hydrogens is 246 g/mol. The highest BCUT2D eigenvalue weighted by atomic mass is 16.3. The van der Waals surface area contributed by atoms with Crippen LogP contribution in [0.1, 0.15) is 24.5 Å². The van der Waals surface area contributed by atoms with Gasteiger partial charge in [-0.15, -0.1) is 0 Å². The summed E-state index contributed by atoms with van der Waals surface area (Å²) in [5, 5.41) is 4.72. The minimum Gasteiger partial charge on any atom is -0.464 e. The van der Waals surface area contributed by atoms with Crippen LogP contribution in [0.2, 0.25) is 0 Å². The van der Waals surface area contributed by atoms with E-state index < -0.39 is 0 Å². The second-order valence-corrected chi connectivity index (χ2v) is 5.02. The van der Waals surface area contributed by atoms with Crippen LogP contribution in [-0.4, -0.2) is 0 Å². The molecule has 0 saturated heterocycles. The third kappa shape index (κ3) is 2.55. The first-order chi connectivity index (χ1) is 9.88. The monoisotopic (exact) mass is 265 g/mol. The minimum absolute atomic E-state index is 0.789. The zero-order valence-corrected chi connectivity index (χ0v) is 11.7. The molecule has 0 radical (unpaired) electrons. The molecule has 3 aromatic rings. The third-order valence-electron chi connectivity index (χ3n) is 3.57. The molecule has 102 valence electrons. The highest BCUT2D eigenvalue weighted by molar-refractivity contribution is 5.81. The summed E-state index contributed by atoms with van der Waals surface area (Å²) in [6, 6.07) is 16.7. The maximum absolute atomic E-state index is 5.58. The summed E-state index contributed by atoms with van der Waals surface area (Å²) in [5.41, 5.74) is 4.75. The van der Waals surface area contributed by atoms with Crippen molar-refractivity contribution < 1.29 is 4.42 Å². The second-order valence-electron chi connectivity index (χ2n) is 5.02. The predicted molar refractivity (Wildman–Crippen MR) is 84.0 cm³/mol. The average Bonchev–Trinajstić information content (AvgIpc) is 2.90. The summed E-state index contributed by atoms with van der Waals surface area (Å²) in [6.45, 7) is 3.00. The molecule has 0 aliphatic carbocycles. The molecule has 0 saturated carbocycles. The molecule has 0 aliphatic heterocycles. The van der Waals surface area contributed by atoms with Gasteiger partial charge in [-0.2, -0.15) is 0 Å². The Balaban J connectivity index is 1.80. The standard InChI is InChI=1S/C18H19NO/c1-2-7-14-8-3-5-10-17(14)19-12-15-13-20-18-11-6-4-9-16(15)18/h3-6,8-11,13,19H,2,7,12H2,1H3. The van der Waals surface area contributed by atoms with E-state index in [1.165, 1.54) is 22.2 Å². The molecule has 1 heterocycles. The normalized spacial score (nSPS) is 10.8. The van der Waals surface area contributed by atoms with Gasteiger partial charge in [0.05, 0.1) is 6.26 Å². The second kappa shape index (κ2) is 5.83. The largest absolute Gasteiger partial charge is 0.464 e. The number of hydrogen-bond donors (Lipinski definition) is 1. The van der Waals surface area contributed by atoms with Crippen LogP contribution >= 0.6 is 0 Å². The van der Waals surface area contributed by atoms with Gasteiger partial charge in [-0.25, -0.2) is 0 Å². The molecule has 0 amide bonds. The Morgan fingerprint density at radius 1 is 0.950 bits per heavy atom. The van der Waals surface area contributed by atoms with Gasteiger partial charge in [-0.1, -0.05) is 49.7 Å². The maximum Gasteiger partial charge on any atom is 0.134 e. The molecule has 0 unspecified atom stereocenters. The van der Waals surface area contributed by atoms with E-state index in [-0.39, 0.29) is 0 Å². The molecule has 2 heteroatoms. The van der Waals surface area contributed by atoms with E-state index >= 15 is 0 Å². The summed E-state index contributed by atoms with van der Waals surface area (Å²) in [6.07, 6.45) is 4.11. The number of benzene rings is 2. The molecule has 2 aromatic carbocycles. The minimum atomic E-state index is 0.789. The van der Waals surface area contributed by atoms with Crippen molar-refractivity contribution in [3.05, 3.63) is 65.9 Å². The van der Waals surface area contributed by atoms with Gasteiger partial charge in [0, 0.05) is 23.2 Å². The Morgan fingerprint density at radius 2 is 1.75 bits per heavy atom. The molecule has 0 bridgehead atoms. The summed E-state index contributed by atoms with van der Waals surface area (Å²) in [5.74, 6) is 0. The van der Waals surface area contributed by atoms with Crippen molar-refractivity contribution in [2.45, 2.75) is 26.3 Å². The van der Waals surface area contributed by atoms with Crippen molar-refractivity contribution in [1.82, 2.24) is 0 Å². The Bertz CT molecular complexity index is 699. The molecule has 1 N–H and O–H groups in total. The number of rotatable bonds is 5. The van der Waals surface area contributed by atoms with E-state index in [9.17, 15) is 0 Å². The summed E-state index contributed by atoms with van der Waals surface area (Å²) in [4.78, 5) is 0. The topological polar surface area (TPSA) is 25.2 Å². The fraction of sp³-hybridized carbons (Fsp3) is 0.222. The van der Waals surface area contributed by atoms with Gasteiger partial charge in [-0.3, -0.25) is 0 Å². The SMILES string of the molecule is CCCc1ccccc1NCc1coc2ccccc12. The number of aryl methyl sites for hydroxylation is 1. The quantitative estimate of drug-likeness (QED) is 0.702. The van der Waals surface area contributed by atoms with Crippen LogP contribution in [0.4, 0.5) is 5.69 Å². The lowest BCUT2D eigenvalue weighted by molar-refractivity contribution is 0.611. The van der Waals surface area contributed by atoms with Crippen LogP contribution in [0.5, 0.6) is 0 Å². The van der Waals surface area contributed by atoms with Gasteiger partial charge < -0.3 is 9.73 Å². The molecular formula is C18H19NO. The molecule has 2 nitrogen and oxygen atoms in total. The predicted octanol–water partition coefficient (Wildman–Crippen LogP) is 5.00. The molecule has 20 heavy (non-hydrogen) atoms. The smallest absolute Gasteiger partial charge is 0.134 e. The van der Waals surface area contributed by atoms with E-state index in [0.29, 0.717) is 0 Å². The van der Waals surface area contributed by atoms with Crippen LogP contribution in [0.3, 0.4) is 0 Å². The van der Waals surface area contributed by atoms with Gasteiger partial charge >= 0.3 is 0 Å². The van der Waals surface area contributed by atoms with E-state index in [2.05, 4.69) is 42.6 Å². The molecule has 1 aromatic heterocycles. The number of fused-ring (bicyclic) bond motifs is 1. The van der Waals surface area contributed by atoms with Gasteiger partial charge in [-0.05, 0) is 24.1 Å². The van der Waals surface area contributed by atoms with Crippen LogP contribution in [0.15, 0.2) is 59.2 Å². The van der Waals surface area contributed by atoms with Crippen LogP contribution < -0.4 is 5.32 Å². The van der Waals surface area contributed by atoms with Crippen molar-refractivity contribution in [2.75, 3.05) is 5.32 Å². The fourth-order valence-electron chi connectivity index (χ4n) is 2.54. The lowest BCUT2D eigenvalue weighted by atomic mass is 10.1. The number of furan rings is 1.